The fraction of sp³-hybridized carbons (Fsp3) is 0.286. The number of benzene rings is 1. The second kappa shape index (κ2) is 5.50. The van der Waals surface area contributed by atoms with Crippen LogP contribution in [0.3, 0.4) is 0 Å². The van der Waals surface area contributed by atoms with Crippen molar-refractivity contribution in [1.82, 2.24) is 9.88 Å². The van der Waals surface area contributed by atoms with Crippen LogP contribution in [0.1, 0.15) is 21.1 Å². The maximum atomic E-state index is 11.3. The van der Waals surface area contributed by atoms with Gasteiger partial charge in [-0.3, -0.25) is 0 Å². The zero-order valence-electron chi connectivity index (χ0n) is 11.2. The lowest BCUT2D eigenvalue weighted by molar-refractivity contribution is 0.0692. The van der Waals surface area contributed by atoms with E-state index in [4.69, 9.17) is 0 Å². The fourth-order valence-electron chi connectivity index (χ4n) is 1.83. The smallest absolute Gasteiger partial charge is 0.356 e. The summed E-state index contributed by atoms with van der Waals surface area (Å²) in [5.74, 6) is -0.974. The molecule has 0 unspecified atom stereocenters. The van der Waals surface area contributed by atoms with Crippen LogP contribution < -0.4 is 0 Å². The Balaban J connectivity index is 2.49. The highest BCUT2D eigenvalue weighted by Gasteiger charge is 2.19. The van der Waals surface area contributed by atoms with E-state index in [0.29, 0.717) is 6.54 Å². The number of aryl methyl sites for hydroxylation is 1. The topological polar surface area (TPSA) is 53.4 Å². The van der Waals surface area contributed by atoms with E-state index < -0.39 is 5.97 Å². The van der Waals surface area contributed by atoms with Crippen LogP contribution in [0.4, 0.5) is 0 Å². The van der Waals surface area contributed by atoms with Crippen LogP contribution in [0.2, 0.25) is 0 Å². The standard InChI is InChI=1S/C14H16N2O2S/c1-9-5-4-6-10(7-9)13-12(14(17)18)15-11(19-13)8-16(2)3/h4-7H,8H2,1-3H3,(H,17,18). The number of carboxylic acid groups (broad SMARTS) is 1. The number of rotatable bonds is 4. The third-order valence-corrected chi connectivity index (χ3v) is 3.69. The molecule has 0 radical (unpaired) electrons. The van der Waals surface area contributed by atoms with Gasteiger partial charge in [0.2, 0.25) is 0 Å². The van der Waals surface area contributed by atoms with Gasteiger partial charge in [-0.2, -0.15) is 0 Å². The Morgan fingerprint density at radius 2 is 2.16 bits per heavy atom. The first-order valence-electron chi connectivity index (χ1n) is 5.92. The zero-order chi connectivity index (χ0) is 14.0. The predicted molar refractivity (Wildman–Crippen MR) is 76.6 cm³/mol. The van der Waals surface area contributed by atoms with Gasteiger partial charge in [-0.05, 0) is 26.6 Å². The largest absolute Gasteiger partial charge is 0.476 e. The highest BCUT2D eigenvalue weighted by Crippen LogP contribution is 2.31. The van der Waals surface area contributed by atoms with Gasteiger partial charge in [0, 0.05) is 6.54 Å². The average Bonchev–Trinajstić information content (AvgIpc) is 2.72. The monoisotopic (exact) mass is 276 g/mol. The van der Waals surface area contributed by atoms with Crippen molar-refractivity contribution in [3.8, 4) is 10.4 Å². The average molecular weight is 276 g/mol. The molecule has 0 saturated heterocycles. The summed E-state index contributed by atoms with van der Waals surface area (Å²) < 4.78 is 0. The van der Waals surface area contributed by atoms with Gasteiger partial charge in [0.05, 0.1) is 4.88 Å². The third-order valence-electron chi connectivity index (χ3n) is 2.61. The molecule has 0 aliphatic rings. The number of thiazole rings is 1. The lowest BCUT2D eigenvalue weighted by Crippen LogP contribution is -2.10. The maximum absolute atomic E-state index is 11.3. The first-order valence-corrected chi connectivity index (χ1v) is 6.74. The SMILES string of the molecule is Cc1cccc(-c2sc(CN(C)C)nc2C(=O)O)c1. The molecule has 0 atom stereocenters. The number of hydrogen-bond acceptors (Lipinski definition) is 4. The van der Waals surface area contributed by atoms with Gasteiger partial charge in [-0.15, -0.1) is 11.3 Å². The van der Waals surface area contributed by atoms with Crippen LogP contribution in [0, 0.1) is 6.92 Å². The Bertz CT molecular complexity index is 605. The van der Waals surface area contributed by atoms with E-state index in [1.54, 1.807) is 0 Å². The van der Waals surface area contributed by atoms with Crippen LogP contribution in [0.15, 0.2) is 24.3 Å². The summed E-state index contributed by atoms with van der Waals surface area (Å²) >= 11 is 1.44. The van der Waals surface area contributed by atoms with E-state index in [9.17, 15) is 9.90 Å². The summed E-state index contributed by atoms with van der Waals surface area (Å²) in [7, 11) is 3.88. The molecule has 19 heavy (non-hydrogen) atoms. The minimum atomic E-state index is -0.974. The molecule has 4 nitrogen and oxygen atoms in total. The molecule has 2 rings (SSSR count). The summed E-state index contributed by atoms with van der Waals surface area (Å²) in [5.41, 5.74) is 2.17. The molecule has 0 amide bonds. The Morgan fingerprint density at radius 1 is 1.42 bits per heavy atom. The van der Waals surface area contributed by atoms with Gasteiger partial charge >= 0.3 is 5.97 Å². The summed E-state index contributed by atoms with van der Waals surface area (Å²) in [6, 6.07) is 7.83. The minimum Gasteiger partial charge on any atom is -0.476 e. The molecular weight excluding hydrogens is 260 g/mol. The molecule has 0 bridgehead atoms. The molecule has 1 heterocycles. The number of carboxylic acids is 1. The lowest BCUT2D eigenvalue weighted by atomic mass is 10.1. The Hall–Kier alpha value is -1.72. The molecule has 0 saturated carbocycles. The van der Waals surface area contributed by atoms with Crippen molar-refractivity contribution in [2.45, 2.75) is 13.5 Å². The van der Waals surface area contributed by atoms with Gasteiger partial charge in [-0.1, -0.05) is 29.8 Å². The van der Waals surface area contributed by atoms with E-state index in [1.807, 2.05) is 50.2 Å². The molecule has 5 heteroatoms. The van der Waals surface area contributed by atoms with Gasteiger partial charge in [0.1, 0.15) is 5.01 Å². The van der Waals surface area contributed by atoms with Crippen LogP contribution in [-0.2, 0) is 6.54 Å². The maximum Gasteiger partial charge on any atom is 0.356 e. The number of carbonyl (C=O) groups is 1. The molecule has 0 spiro atoms. The summed E-state index contributed by atoms with van der Waals surface area (Å²) in [6.07, 6.45) is 0. The fourth-order valence-corrected chi connectivity index (χ4v) is 3.00. The highest BCUT2D eigenvalue weighted by atomic mass is 32.1. The zero-order valence-corrected chi connectivity index (χ0v) is 12.0. The van der Waals surface area contributed by atoms with Crippen molar-refractivity contribution in [2.24, 2.45) is 0 Å². The first-order chi connectivity index (χ1) is 8.97. The van der Waals surface area contributed by atoms with Gasteiger partial charge in [-0.25, -0.2) is 9.78 Å². The van der Waals surface area contributed by atoms with Crippen LogP contribution >= 0.6 is 11.3 Å². The lowest BCUT2D eigenvalue weighted by Gasteiger charge is -2.04. The van der Waals surface area contributed by atoms with Crippen molar-refractivity contribution in [2.75, 3.05) is 14.1 Å². The van der Waals surface area contributed by atoms with Crippen LogP contribution in [0.5, 0.6) is 0 Å². The van der Waals surface area contributed by atoms with Crippen LogP contribution in [-0.4, -0.2) is 35.1 Å². The predicted octanol–water partition coefficient (Wildman–Crippen LogP) is 2.88. The molecular formula is C14H16N2O2S. The van der Waals surface area contributed by atoms with Crippen molar-refractivity contribution in [3.05, 3.63) is 40.5 Å². The van der Waals surface area contributed by atoms with Crippen molar-refractivity contribution in [3.63, 3.8) is 0 Å². The highest BCUT2D eigenvalue weighted by molar-refractivity contribution is 7.15. The van der Waals surface area contributed by atoms with E-state index >= 15 is 0 Å². The summed E-state index contributed by atoms with van der Waals surface area (Å²) in [5, 5.41) is 10.1. The van der Waals surface area contributed by atoms with Crippen LogP contribution in [0.25, 0.3) is 10.4 Å². The normalized spacial score (nSPS) is 10.9. The Kier molecular flexibility index (Phi) is 3.97. The molecule has 0 aliphatic heterocycles. The minimum absolute atomic E-state index is 0.146. The molecule has 1 aromatic carbocycles. The van der Waals surface area contributed by atoms with E-state index in [0.717, 1.165) is 21.0 Å². The van der Waals surface area contributed by atoms with E-state index in [1.165, 1.54) is 11.3 Å². The second-order valence-electron chi connectivity index (χ2n) is 4.70. The summed E-state index contributed by atoms with van der Waals surface area (Å²) in [4.78, 5) is 18.2. The molecule has 100 valence electrons. The van der Waals surface area contributed by atoms with Crippen molar-refractivity contribution < 1.29 is 9.90 Å². The number of nitrogens with zero attached hydrogens (tertiary/aromatic N) is 2. The Morgan fingerprint density at radius 3 is 2.74 bits per heavy atom. The first kappa shape index (κ1) is 13.7. The second-order valence-corrected chi connectivity index (χ2v) is 5.78. The van der Waals surface area contributed by atoms with Gasteiger partial charge in [0.25, 0.3) is 0 Å². The molecule has 2 aromatic rings. The number of aromatic carboxylic acids is 1. The number of aromatic nitrogens is 1. The van der Waals surface area contributed by atoms with E-state index in [-0.39, 0.29) is 5.69 Å². The van der Waals surface area contributed by atoms with Gasteiger partial charge in [0.15, 0.2) is 5.69 Å². The molecule has 0 fully saturated rings. The van der Waals surface area contributed by atoms with E-state index in [2.05, 4.69) is 4.98 Å². The molecule has 1 aromatic heterocycles. The summed E-state index contributed by atoms with van der Waals surface area (Å²) in [6.45, 7) is 2.64. The molecule has 0 aliphatic carbocycles. The quantitative estimate of drug-likeness (QED) is 0.933. The Labute approximate surface area is 116 Å². The third kappa shape index (κ3) is 3.19. The molecule has 1 N–H and O–H groups in total. The van der Waals surface area contributed by atoms with Gasteiger partial charge < -0.3 is 10.0 Å². The van der Waals surface area contributed by atoms with Crippen molar-refractivity contribution in [1.29, 1.82) is 0 Å². The van der Waals surface area contributed by atoms with Crippen molar-refractivity contribution >= 4 is 17.3 Å². The number of hydrogen-bond donors (Lipinski definition) is 1.